The molecule has 88 valence electrons. The summed E-state index contributed by atoms with van der Waals surface area (Å²) in [4.78, 5) is 24.7. The van der Waals surface area contributed by atoms with Crippen molar-refractivity contribution >= 4 is 17.5 Å². The van der Waals surface area contributed by atoms with E-state index in [0.29, 0.717) is 13.1 Å². The van der Waals surface area contributed by atoms with E-state index in [2.05, 4.69) is 20.7 Å². The quantitative estimate of drug-likeness (QED) is 0.663. The van der Waals surface area contributed by atoms with Crippen molar-refractivity contribution in [2.24, 2.45) is 5.10 Å². The van der Waals surface area contributed by atoms with Gasteiger partial charge in [0.2, 0.25) is 5.91 Å². The molecule has 0 atom stereocenters. The second-order valence-corrected chi connectivity index (χ2v) is 4.12. The lowest BCUT2D eigenvalue weighted by Crippen LogP contribution is -2.39. The molecule has 0 radical (unpaired) electrons. The van der Waals surface area contributed by atoms with E-state index < -0.39 is 0 Å². The van der Waals surface area contributed by atoms with Gasteiger partial charge in [0, 0.05) is 6.54 Å². The number of carbonyl (C=O) groups is 2. The van der Waals surface area contributed by atoms with Gasteiger partial charge >= 0.3 is 0 Å². The van der Waals surface area contributed by atoms with Gasteiger partial charge in [0.25, 0.3) is 5.91 Å². The fourth-order valence-corrected chi connectivity index (χ4v) is 2.06. The maximum Gasteiger partial charge on any atom is 0.270 e. The van der Waals surface area contributed by atoms with Gasteiger partial charge in [0.1, 0.15) is 5.71 Å². The van der Waals surface area contributed by atoms with E-state index in [4.69, 9.17) is 0 Å². The minimum Gasteiger partial charge on any atom is -0.331 e. The molecule has 1 aromatic rings. The molecule has 17 heavy (non-hydrogen) atoms. The highest BCUT2D eigenvalue weighted by molar-refractivity contribution is 6.43. The normalized spacial score (nSPS) is 18.7. The van der Waals surface area contributed by atoms with Crippen molar-refractivity contribution in [3.05, 3.63) is 17.5 Å². The van der Waals surface area contributed by atoms with Gasteiger partial charge in [-0.25, -0.2) is 5.43 Å². The molecule has 2 amide bonds. The molecule has 7 heteroatoms. The number of fused-ring (bicyclic) bond motifs is 1. The molecule has 7 nitrogen and oxygen atoms in total. The second kappa shape index (κ2) is 3.69. The SMILES string of the molecule is O=C1CC(C(=O)N2CCc3cn[nH]c3C2)=NN1. The van der Waals surface area contributed by atoms with E-state index in [9.17, 15) is 9.59 Å². The molecule has 0 aliphatic carbocycles. The molecule has 0 saturated heterocycles. The number of aromatic amines is 1. The number of amides is 2. The molecule has 0 fully saturated rings. The van der Waals surface area contributed by atoms with Crippen LogP contribution >= 0.6 is 0 Å². The first-order valence-electron chi connectivity index (χ1n) is 5.40. The molecule has 0 unspecified atom stereocenters. The van der Waals surface area contributed by atoms with E-state index >= 15 is 0 Å². The van der Waals surface area contributed by atoms with Gasteiger partial charge in [-0.05, 0) is 12.0 Å². The van der Waals surface area contributed by atoms with Gasteiger partial charge in [-0.1, -0.05) is 0 Å². The molecule has 2 N–H and O–H groups in total. The molecule has 0 saturated carbocycles. The average molecular weight is 233 g/mol. The summed E-state index contributed by atoms with van der Waals surface area (Å²) >= 11 is 0. The van der Waals surface area contributed by atoms with Crippen LogP contribution in [0.15, 0.2) is 11.3 Å². The topological polar surface area (TPSA) is 90.5 Å². The first kappa shape index (κ1) is 10.0. The van der Waals surface area contributed by atoms with Crippen molar-refractivity contribution < 1.29 is 9.59 Å². The molecular formula is C10H11N5O2. The van der Waals surface area contributed by atoms with Crippen LogP contribution in [0.25, 0.3) is 0 Å². The minimum atomic E-state index is -0.229. The fraction of sp³-hybridized carbons (Fsp3) is 0.400. The van der Waals surface area contributed by atoms with Gasteiger partial charge in [0.15, 0.2) is 0 Å². The summed E-state index contributed by atoms with van der Waals surface area (Å²) in [5.74, 6) is -0.406. The zero-order chi connectivity index (χ0) is 11.8. The summed E-state index contributed by atoms with van der Waals surface area (Å²) in [6, 6.07) is 0. The number of nitrogens with one attached hydrogen (secondary N) is 2. The lowest BCUT2D eigenvalue weighted by atomic mass is 10.1. The van der Waals surface area contributed by atoms with Crippen LogP contribution < -0.4 is 5.43 Å². The summed E-state index contributed by atoms with van der Waals surface area (Å²) in [5.41, 5.74) is 4.69. The predicted octanol–water partition coefficient (Wildman–Crippen LogP) is -0.830. The Morgan fingerprint density at radius 1 is 1.47 bits per heavy atom. The molecule has 2 aliphatic rings. The zero-order valence-electron chi connectivity index (χ0n) is 9.06. The predicted molar refractivity (Wildman–Crippen MR) is 57.9 cm³/mol. The Labute approximate surface area is 96.9 Å². The van der Waals surface area contributed by atoms with Gasteiger partial charge in [-0.3, -0.25) is 14.7 Å². The first-order valence-corrected chi connectivity index (χ1v) is 5.40. The first-order chi connectivity index (χ1) is 8.24. The smallest absolute Gasteiger partial charge is 0.270 e. The lowest BCUT2D eigenvalue weighted by molar-refractivity contribution is -0.125. The molecular weight excluding hydrogens is 222 g/mol. The maximum absolute atomic E-state index is 12.0. The Morgan fingerprint density at radius 3 is 3.12 bits per heavy atom. The van der Waals surface area contributed by atoms with E-state index in [1.54, 1.807) is 11.1 Å². The number of carbonyl (C=O) groups excluding carboxylic acids is 2. The molecule has 0 bridgehead atoms. The second-order valence-electron chi connectivity index (χ2n) is 4.12. The molecule has 3 heterocycles. The Bertz CT molecular complexity index is 519. The van der Waals surface area contributed by atoms with Crippen LogP contribution in [0.4, 0.5) is 0 Å². The molecule has 0 spiro atoms. The molecule has 0 aromatic carbocycles. The number of hydrogen-bond acceptors (Lipinski definition) is 4. The minimum absolute atomic E-state index is 0.0746. The summed E-state index contributed by atoms with van der Waals surface area (Å²) in [6.45, 7) is 1.14. The van der Waals surface area contributed by atoms with Crippen LogP contribution in [-0.4, -0.2) is 39.2 Å². The van der Waals surface area contributed by atoms with E-state index in [0.717, 1.165) is 17.7 Å². The number of H-pyrrole nitrogens is 1. The van der Waals surface area contributed by atoms with Crippen molar-refractivity contribution in [1.29, 1.82) is 0 Å². The summed E-state index contributed by atoms with van der Waals surface area (Å²) < 4.78 is 0. The van der Waals surface area contributed by atoms with Gasteiger partial charge in [-0.2, -0.15) is 10.2 Å². The van der Waals surface area contributed by atoms with E-state index in [-0.39, 0.29) is 23.9 Å². The lowest BCUT2D eigenvalue weighted by Gasteiger charge is -2.26. The van der Waals surface area contributed by atoms with Crippen molar-refractivity contribution in [1.82, 2.24) is 20.5 Å². The Balaban J connectivity index is 1.75. The number of aromatic nitrogens is 2. The molecule has 2 aliphatic heterocycles. The van der Waals surface area contributed by atoms with Crippen LogP contribution in [0.5, 0.6) is 0 Å². The Kier molecular flexibility index (Phi) is 2.17. The summed E-state index contributed by atoms with van der Waals surface area (Å²) in [5, 5.41) is 10.6. The standard InChI is InChI=1S/C10H11N5O2/c16-9-3-7(13-14-9)10(17)15-2-1-6-4-11-12-8(6)5-15/h4H,1-3,5H2,(H,11,12)(H,14,16). The maximum atomic E-state index is 12.0. The summed E-state index contributed by atoms with van der Waals surface area (Å²) in [6.07, 6.45) is 2.65. The van der Waals surface area contributed by atoms with Crippen molar-refractivity contribution in [3.63, 3.8) is 0 Å². The highest BCUT2D eigenvalue weighted by Crippen LogP contribution is 2.16. The number of nitrogens with zero attached hydrogens (tertiary/aromatic N) is 3. The van der Waals surface area contributed by atoms with Gasteiger partial charge in [-0.15, -0.1) is 0 Å². The highest BCUT2D eigenvalue weighted by atomic mass is 16.2. The highest BCUT2D eigenvalue weighted by Gasteiger charge is 2.28. The van der Waals surface area contributed by atoms with E-state index in [1.807, 2.05) is 0 Å². The average Bonchev–Trinajstić information content (AvgIpc) is 2.95. The summed E-state index contributed by atoms with van der Waals surface area (Å²) in [7, 11) is 0. The van der Waals surface area contributed by atoms with Gasteiger partial charge in [0.05, 0.1) is 24.9 Å². The fourth-order valence-electron chi connectivity index (χ4n) is 2.06. The largest absolute Gasteiger partial charge is 0.331 e. The number of hydrazone groups is 1. The van der Waals surface area contributed by atoms with Crippen LogP contribution in [0.2, 0.25) is 0 Å². The zero-order valence-corrected chi connectivity index (χ0v) is 9.06. The Hall–Kier alpha value is -2.18. The third-order valence-electron chi connectivity index (χ3n) is 2.99. The van der Waals surface area contributed by atoms with Crippen molar-refractivity contribution in [2.45, 2.75) is 19.4 Å². The van der Waals surface area contributed by atoms with Crippen LogP contribution in [0, 0.1) is 0 Å². The van der Waals surface area contributed by atoms with Crippen LogP contribution in [-0.2, 0) is 22.6 Å². The van der Waals surface area contributed by atoms with Crippen molar-refractivity contribution in [2.75, 3.05) is 6.54 Å². The Morgan fingerprint density at radius 2 is 2.35 bits per heavy atom. The molecule has 1 aromatic heterocycles. The third kappa shape index (κ3) is 1.69. The van der Waals surface area contributed by atoms with Gasteiger partial charge < -0.3 is 4.90 Å². The molecule has 3 rings (SSSR count). The van der Waals surface area contributed by atoms with Crippen LogP contribution in [0.3, 0.4) is 0 Å². The number of hydrogen-bond donors (Lipinski definition) is 2. The third-order valence-corrected chi connectivity index (χ3v) is 2.99. The number of rotatable bonds is 1. The van der Waals surface area contributed by atoms with E-state index in [1.165, 1.54) is 0 Å². The van der Waals surface area contributed by atoms with Crippen LogP contribution in [0.1, 0.15) is 17.7 Å². The monoisotopic (exact) mass is 233 g/mol. The van der Waals surface area contributed by atoms with Crippen molar-refractivity contribution in [3.8, 4) is 0 Å².